The standard InChI is InChI=1S/C11H13NO/c1-9(10(2)12-13)8-11-6-4-3-5-7-11/h3-8,13H,1-2H3/b9-8-,12-10-. The number of nitrogens with zero attached hydrogens (tertiary/aromatic N) is 1. The third kappa shape index (κ3) is 2.75. The minimum Gasteiger partial charge on any atom is -0.411 e. The number of oxime groups is 1. The average Bonchev–Trinajstić information content (AvgIpc) is 2.18. The maximum absolute atomic E-state index is 8.53. The molecule has 0 aromatic heterocycles. The van der Waals surface area contributed by atoms with Gasteiger partial charge in [-0.3, -0.25) is 0 Å². The molecule has 0 amide bonds. The first kappa shape index (κ1) is 9.52. The lowest BCUT2D eigenvalue weighted by molar-refractivity contribution is 0.319. The van der Waals surface area contributed by atoms with Crippen molar-refractivity contribution in [2.75, 3.05) is 0 Å². The minimum atomic E-state index is 0.642. The first-order chi connectivity index (χ1) is 6.24. The molecular formula is C11H13NO. The summed E-state index contributed by atoms with van der Waals surface area (Å²) in [6, 6.07) is 9.94. The maximum atomic E-state index is 8.53. The summed E-state index contributed by atoms with van der Waals surface area (Å²) in [4.78, 5) is 0. The fraction of sp³-hybridized carbons (Fsp3) is 0.182. The van der Waals surface area contributed by atoms with Crippen molar-refractivity contribution >= 4 is 11.8 Å². The molecule has 1 rings (SSSR count). The Balaban J connectivity index is 2.89. The first-order valence-corrected chi connectivity index (χ1v) is 4.16. The van der Waals surface area contributed by atoms with Crippen molar-refractivity contribution in [1.29, 1.82) is 0 Å². The maximum Gasteiger partial charge on any atom is 0.0794 e. The van der Waals surface area contributed by atoms with Crippen molar-refractivity contribution in [2.24, 2.45) is 5.16 Å². The number of hydrogen-bond acceptors (Lipinski definition) is 2. The van der Waals surface area contributed by atoms with Gasteiger partial charge >= 0.3 is 0 Å². The lowest BCUT2D eigenvalue weighted by Crippen LogP contribution is -1.92. The summed E-state index contributed by atoms with van der Waals surface area (Å²) in [7, 11) is 0. The van der Waals surface area contributed by atoms with Crippen LogP contribution < -0.4 is 0 Å². The molecule has 0 aliphatic heterocycles. The Kier molecular flexibility index (Phi) is 3.26. The van der Waals surface area contributed by atoms with Gasteiger partial charge in [0.1, 0.15) is 0 Å². The molecule has 0 fully saturated rings. The van der Waals surface area contributed by atoms with Crippen molar-refractivity contribution in [3.05, 3.63) is 41.5 Å². The van der Waals surface area contributed by atoms with Crippen LogP contribution in [0.3, 0.4) is 0 Å². The molecule has 2 nitrogen and oxygen atoms in total. The molecule has 0 aliphatic carbocycles. The summed E-state index contributed by atoms with van der Waals surface area (Å²) >= 11 is 0. The SMILES string of the molecule is CC(=C/c1ccccc1)/C(C)=N\O. The van der Waals surface area contributed by atoms with Crippen LogP contribution in [0.1, 0.15) is 19.4 Å². The molecular weight excluding hydrogens is 162 g/mol. The smallest absolute Gasteiger partial charge is 0.0794 e. The highest BCUT2D eigenvalue weighted by atomic mass is 16.4. The predicted molar refractivity (Wildman–Crippen MR) is 55.0 cm³/mol. The zero-order valence-corrected chi connectivity index (χ0v) is 7.86. The number of hydrogen-bond donors (Lipinski definition) is 1. The van der Waals surface area contributed by atoms with Crippen LogP contribution in [0.4, 0.5) is 0 Å². The van der Waals surface area contributed by atoms with Gasteiger partial charge in [-0.05, 0) is 25.0 Å². The van der Waals surface area contributed by atoms with Gasteiger partial charge in [0, 0.05) is 0 Å². The highest BCUT2D eigenvalue weighted by Gasteiger charge is 1.94. The molecule has 1 aromatic rings. The van der Waals surface area contributed by atoms with Gasteiger partial charge in [-0.1, -0.05) is 41.6 Å². The molecule has 0 saturated heterocycles. The van der Waals surface area contributed by atoms with E-state index in [9.17, 15) is 0 Å². The fourth-order valence-electron chi connectivity index (χ4n) is 0.983. The Labute approximate surface area is 78.2 Å². The van der Waals surface area contributed by atoms with Gasteiger partial charge in [0.25, 0.3) is 0 Å². The van der Waals surface area contributed by atoms with E-state index >= 15 is 0 Å². The monoisotopic (exact) mass is 175 g/mol. The lowest BCUT2D eigenvalue weighted by Gasteiger charge is -1.97. The topological polar surface area (TPSA) is 32.6 Å². The van der Waals surface area contributed by atoms with Crippen LogP contribution in [0.5, 0.6) is 0 Å². The fourth-order valence-corrected chi connectivity index (χ4v) is 0.983. The van der Waals surface area contributed by atoms with Gasteiger partial charge in [0.15, 0.2) is 0 Å². The Hall–Kier alpha value is -1.57. The van der Waals surface area contributed by atoms with E-state index < -0.39 is 0 Å². The molecule has 1 N–H and O–H groups in total. The molecule has 0 saturated carbocycles. The zero-order chi connectivity index (χ0) is 9.68. The van der Waals surface area contributed by atoms with Crippen LogP contribution in [0, 0.1) is 0 Å². The summed E-state index contributed by atoms with van der Waals surface area (Å²) in [5.41, 5.74) is 2.72. The average molecular weight is 175 g/mol. The van der Waals surface area contributed by atoms with Crippen molar-refractivity contribution in [3.8, 4) is 0 Å². The van der Waals surface area contributed by atoms with Gasteiger partial charge in [-0.25, -0.2) is 0 Å². The Morgan fingerprint density at radius 3 is 2.38 bits per heavy atom. The van der Waals surface area contributed by atoms with Gasteiger partial charge in [-0.2, -0.15) is 0 Å². The van der Waals surface area contributed by atoms with Crippen LogP contribution in [0.15, 0.2) is 41.1 Å². The molecule has 68 valence electrons. The Morgan fingerprint density at radius 2 is 1.85 bits per heavy atom. The van der Waals surface area contributed by atoms with E-state index in [1.807, 2.05) is 43.3 Å². The highest BCUT2D eigenvalue weighted by molar-refractivity contribution is 6.01. The van der Waals surface area contributed by atoms with E-state index in [4.69, 9.17) is 5.21 Å². The molecule has 0 spiro atoms. The van der Waals surface area contributed by atoms with Gasteiger partial charge in [-0.15, -0.1) is 0 Å². The zero-order valence-electron chi connectivity index (χ0n) is 7.86. The van der Waals surface area contributed by atoms with Crippen LogP contribution in [-0.2, 0) is 0 Å². The molecule has 0 atom stereocenters. The summed E-state index contributed by atoms with van der Waals surface area (Å²) in [6.07, 6.45) is 1.98. The lowest BCUT2D eigenvalue weighted by atomic mass is 10.1. The van der Waals surface area contributed by atoms with E-state index in [2.05, 4.69) is 5.16 Å². The van der Waals surface area contributed by atoms with Gasteiger partial charge < -0.3 is 5.21 Å². The van der Waals surface area contributed by atoms with Crippen LogP contribution in [0.2, 0.25) is 0 Å². The summed E-state index contributed by atoms with van der Waals surface area (Å²) in [5, 5.41) is 11.7. The highest BCUT2D eigenvalue weighted by Crippen LogP contribution is 2.06. The largest absolute Gasteiger partial charge is 0.411 e. The quantitative estimate of drug-likeness (QED) is 0.418. The second kappa shape index (κ2) is 4.45. The molecule has 0 heterocycles. The molecule has 0 bridgehead atoms. The summed E-state index contributed by atoms with van der Waals surface area (Å²) in [5.74, 6) is 0. The number of allylic oxidation sites excluding steroid dienone is 1. The minimum absolute atomic E-state index is 0.642. The molecule has 0 aliphatic rings. The third-order valence-corrected chi connectivity index (χ3v) is 1.90. The molecule has 1 aromatic carbocycles. The first-order valence-electron chi connectivity index (χ1n) is 4.16. The van der Waals surface area contributed by atoms with E-state index in [1.54, 1.807) is 6.92 Å². The molecule has 13 heavy (non-hydrogen) atoms. The van der Waals surface area contributed by atoms with Crippen LogP contribution in [0.25, 0.3) is 6.08 Å². The van der Waals surface area contributed by atoms with Gasteiger partial charge in [0.05, 0.1) is 5.71 Å². The summed E-state index contributed by atoms with van der Waals surface area (Å²) < 4.78 is 0. The van der Waals surface area contributed by atoms with Crippen molar-refractivity contribution < 1.29 is 5.21 Å². The van der Waals surface area contributed by atoms with Crippen molar-refractivity contribution in [2.45, 2.75) is 13.8 Å². The second-order valence-corrected chi connectivity index (χ2v) is 2.92. The third-order valence-electron chi connectivity index (χ3n) is 1.90. The van der Waals surface area contributed by atoms with E-state index in [-0.39, 0.29) is 0 Å². The Morgan fingerprint density at radius 1 is 1.23 bits per heavy atom. The molecule has 2 heteroatoms. The Bertz CT molecular complexity index is 325. The van der Waals surface area contributed by atoms with E-state index in [1.165, 1.54) is 0 Å². The normalized spacial score (nSPS) is 13.1. The van der Waals surface area contributed by atoms with E-state index in [0.29, 0.717) is 5.71 Å². The van der Waals surface area contributed by atoms with Crippen molar-refractivity contribution in [3.63, 3.8) is 0 Å². The predicted octanol–water partition coefficient (Wildman–Crippen LogP) is 2.94. The second-order valence-electron chi connectivity index (χ2n) is 2.92. The number of rotatable bonds is 2. The number of benzene rings is 1. The van der Waals surface area contributed by atoms with Gasteiger partial charge in [0.2, 0.25) is 0 Å². The molecule has 0 unspecified atom stereocenters. The van der Waals surface area contributed by atoms with Crippen LogP contribution in [-0.4, -0.2) is 10.9 Å². The van der Waals surface area contributed by atoms with E-state index in [0.717, 1.165) is 11.1 Å². The van der Waals surface area contributed by atoms with Crippen molar-refractivity contribution in [1.82, 2.24) is 0 Å². The summed E-state index contributed by atoms with van der Waals surface area (Å²) in [6.45, 7) is 3.69. The molecule has 0 radical (unpaired) electrons. The van der Waals surface area contributed by atoms with Crippen LogP contribution >= 0.6 is 0 Å².